The molecule has 0 aromatic carbocycles. The van der Waals surface area contributed by atoms with E-state index in [1.807, 2.05) is 13.8 Å². The van der Waals surface area contributed by atoms with E-state index in [-0.39, 0.29) is 12.0 Å². The predicted octanol–water partition coefficient (Wildman–Crippen LogP) is 1.11. The second kappa shape index (κ2) is 5.83. The monoisotopic (exact) mass is 240 g/mol. The molecule has 2 fully saturated rings. The van der Waals surface area contributed by atoms with Crippen LogP contribution in [0.3, 0.4) is 0 Å². The van der Waals surface area contributed by atoms with Gasteiger partial charge >= 0.3 is 5.97 Å². The third kappa shape index (κ3) is 2.99. The highest BCUT2D eigenvalue weighted by Gasteiger charge is 2.33. The van der Waals surface area contributed by atoms with Gasteiger partial charge in [0.05, 0.1) is 6.61 Å². The van der Waals surface area contributed by atoms with E-state index >= 15 is 0 Å². The van der Waals surface area contributed by atoms with E-state index in [0.717, 1.165) is 19.6 Å². The van der Waals surface area contributed by atoms with Crippen molar-refractivity contribution < 1.29 is 9.53 Å². The second-order valence-corrected chi connectivity index (χ2v) is 5.11. The Hall–Kier alpha value is -0.610. The van der Waals surface area contributed by atoms with Gasteiger partial charge in [-0.05, 0) is 33.2 Å². The molecule has 0 bridgehead atoms. The molecule has 0 aliphatic carbocycles. The number of fused-ring (bicyclic) bond motifs is 1. The fraction of sp³-hybridized carbons (Fsp3) is 0.923. The molecule has 2 atom stereocenters. The average molecular weight is 240 g/mol. The Balaban J connectivity index is 1.88. The fourth-order valence-electron chi connectivity index (χ4n) is 2.94. The molecule has 0 saturated carbocycles. The number of piperazine rings is 1. The molecule has 2 aliphatic rings. The summed E-state index contributed by atoms with van der Waals surface area (Å²) >= 11 is 0. The number of hydrogen-bond donors (Lipinski definition) is 0. The number of nitrogens with zero attached hydrogens (tertiary/aromatic N) is 2. The molecule has 2 unspecified atom stereocenters. The summed E-state index contributed by atoms with van der Waals surface area (Å²) in [5.41, 5.74) is 0. The molecular weight excluding hydrogens is 216 g/mol. The van der Waals surface area contributed by atoms with Crippen LogP contribution >= 0.6 is 0 Å². The van der Waals surface area contributed by atoms with Gasteiger partial charge in [-0.3, -0.25) is 14.6 Å². The van der Waals surface area contributed by atoms with Crippen LogP contribution in [0.15, 0.2) is 0 Å². The van der Waals surface area contributed by atoms with Crippen LogP contribution in [-0.2, 0) is 9.53 Å². The quantitative estimate of drug-likeness (QED) is 0.692. The zero-order valence-corrected chi connectivity index (χ0v) is 11.0. The van der Waals surface area contributed by atoms with Crippen LogP contribution in [0.5, 0.6) is 0 Å². The Morgan fingerprint density at radius 1 is 1.35 bits per heavy atom. The number of carbonyl (C=O) groups excluding carboxylic acids is 1. The standard InChI is InChI=1S/C13H24N2O2/c1-3-17-13(16)11(2)15-9-8-14-7-5-4-6-12(14)10-15/h11-12H,3-10H2,1-2H3. The lowest BCUT2D eigenvalue weighted by molar-refractivity contribution is -0.150. The molecule has 0 amide bonds. The summed E-state index contributed by atoms with van der Waals surface area (Å²) < 4.78 is 5.10. The van der Waals surface area contributed by atoms with E-state index in [1.54, 1.807) is 0 Å². The third-order valence-electron chi connectivity index (χ3n) is 4.04. The molecule has 17 heavy (non-hydrogen) atoms. The largest absolute Gasteiger partial charge is 0.465 e. The fourth-order valence-corrected chi connectivity index (χ4v) is 2.94. The average Bonchev–Trinajstić information content (AvgIpc) is 2.37. The normalized spacial score (nSPS) is 28.5. The molecule has 2 saturated heterocycles. The van der Waals surface area contributed by atoms with Crippen LogP contribution in [0.25, 0.3) is 0 Å². The minimum absolute atomic E-state index is 0.0724. The highest BCUT2D eigenvalue weighted by Crippen LogP contribution is 2.22. The molecule has 2 aliphatic heterocycles. The van der Waals surface area contributed by atoms with Crippen molar-refractivity contribution in [2.24, 2.45) is 0 Å². The Morgan fingerprint density at radius 3 is 2.94 bits per heavy atom. The second-order valence-electron chi connectivity index (χ2n) is 5.11. The first-order chi connectivity index (χ1) is 8.22. The van der Waals surface area contributed by atoms with Crippen molar-refractivity contribution in [3.8, 4) is 0 Å². The van der Waals surface area contributed by atoms with Crippen molar-refractivity contribution in [2.45, 2.75) is 45.2 Å². The highest BCUT2D eigenvalue weighted by molar-refractivity contribution is 5.75. The zero-order chi connectivity index (χ0) is 12.3. The SMILES string of the molecule is CCOC(=O)C(C)N1CCN2CCCCC2C1. The van der Waals surface area contributed by atoms with Gasteiger partial charge in [-0.1, -0.05) is 6.42 Å². The minimum Gasteiger partial charge on any atom is -0.465 e. The lowest BCUT2D eigenvalue weighted by Gasteiger charge is -2.45. The van der Waals surface area contributed by atoms with E-state index < -0.39 is 0 Å². The van der Waals surface area contributed by atoms with E-state index in [9.17, 15) is 4.79 Å². The number of piperidine rings is 1. The van der Waals surface area contributed by atoms with Crippen molar-refractivity contribution in [2.75, 3.05) is 32.8 Å². The predicted molar refractivity (Wildman–Crippen MR) is 66.9 cm³/mol. The molecule has 2 rings (SSSR count). The van der Waals surface area contributed by atoms with E-state index in [0.29, 0.717) is 12.6 Å². The number of carbonyl (C=O) groups is 1. The topological polar surface area (TPSA) is 32.8 Å². The summed E-state index contributed by atoms with van der Waals surface area (Å²) in [6, 6.07) is 0.577. The van der Waals surface area contributed by atoms with Crippen molar-refractivity contribution in [3.63, 3.8) is 0 Å². The van der Waals surface area contributed by atoms with Crippen LogP contribution in [0.1, 0.15) is 33.1 Å². The maximum Gasteiger partial charge on any atom is 0.323 e. The zero-order valence-electron chi connectivity index (χ0n) is 11.0. The lowest BCUT2D eigenvalue weighted by Crippen LogP contribution is -2.58. The molecule has 0 N–H and O–H groups in total. The summed E-state index contributed by atoms with van der Waals surface area (Å²) in [5, 5.41) is 0. The molecule has 2 heterocycles. The maximum atomic E-state index is 11.7. The van der Waals surface area contributed by atoms with Gasteiger partial charge in [-0.15, -0.1) is 0 Å². The number of hydrogen-bond acceptors (Lipinski definition) is 4. The summed E-state index contributed by atoms with van der Waals surface area (Å²) in [5.74, 6) is -0.0724. The number of esters is 1. The van der Waals surface area contributed by atoms with Gasteiger partial charge in [-0.2, -0.15) is 0 Å². The first kappa shape index (κ1) is 12.8. The summed E-state index contributed by atoms with van der Waals surface area (Å²) in [4.78, 5) is 16.6. The van der Waals surface area contributed by atoms with Crippen molar-refractivity contribution >= 4 is 5.97 Å². The Morgan fingerprint density at radius 2 is 2.18 bits per heavy atom. The van der Waals surface area contributed by atoms with Gasteiger partial charge in [-0.25, -0.2) is 0 Å². The lowest BCUT2D eigenvalue weighted by atomic mass is 9.99. The Kier molecular flexibility index (Phi) is 4.40. The number of rotatable bonds is 3. The van der Waals surface area contributed by atoms with E-state index in [1.165, 1.54) is 25.8 Å². The van der Waals surface area contributed by atoms with Gasteiger partial charge in [0.1, 0.15) is 6.04 Å². The van der Waals surface area contributed by atoms with Gasteiger partial charge < -0.3 is 4.74 Å². The summed E-state index contributed by atoms with van der Waals surface area (Å²) in [6.07, 6.45) is 3.96. The van der Waals surface area contributed by atoms with Gasteiger partial charge in [0.2, 0.25) is 0 Å². The summed E-state index contributed by atoms with van der Waals surface area (Å²) in [6.45, 7) is 8.68. The van der Waals surface area contributed by atoms with Crippen LogP contribution in [-0.4, -0.2) is 60.6 Å². The summed E-state index contributed by atoms with van der Waals surface area (Å²) in [7, 11) is 0. The third-order valence-corrected chi connectivity index (χ3v) is 4.04. The first-order valence-electron chi connectivity index (χ1n) is 6.87. The minimum atomic E-state index is -0.0842. The molecule has 0 aromatic heterocycles. The molecule has 0 radical (unpaired) electrons. The van der Waals surface area contributed by atoms with Crippen LogP contribution < -0.4 is 0 Å². The Bertz CT molecular complexity index is 270. The molecule has 98 valence electrons. The van der Waals surface area contributed by atoms with Crippen LogP contribution in [0.2, 0.25) is 0 Å². The van der Waals surface area contributed by atoms with Crippen molar-refractivity contribution in [1.82, 2.24) is 9.80 Å². The highest BCUT2D eigenvalue weighted by atomic mass is 16.5. The van der Waals surface area contributed by atoms with Gasteiger partial charge in [0.25, 0.3) is 0 Å². The van der Waals surface area contributed by atoms with E-state index in [4.69, 9.17) is 4.74 Å². The number of ether oxygens (including phenoxy) is 1. The molecule has 4 nitrogen and oxygen atoms in total. The first-order valence-corrected chi connectivity index (χ1v) is 6.87. The van der Waals surface area contributed by atoms with Crippen molar-refractivity contribution in [1.29, 1.82) is 0 Å². The smallest absolute Gasteiger partial charge is 0.323 e. The van der Waals surface area contributed by atoms with Gasteiger partial charge in [0.15, 0.2) is 0 Å². The molecular formula is C13H24N2O2. The molecule has 0 spiro atoms. The molecule has 4 heteroatoms. The van der Waals surface area contributed by atoms with Crippen molar-refractivity contribution in [3.05, 3.63) is 0 Å². The maximum absolute atomic E-state index is 11.7. The van der Waals surface area contributed by atoms with Crippen LogP contribution in [0.4, 0.5) is 0 Å². The molecule has 0 aromatic rings. The van der Waals surface area contributed by atoms with E-state index in [2.05, 4.69) is 9.80 Å². The van der Waals surface area contributed by atoms with Gasteiger partial charge in [0, 0.05) is 25.7 Å². The Labute approximate surface area is 104 Å². The van der Waals surface area contributed by atoms with Crippen LogP contribution in [0, 0.1) is 0 Å².